The van der Waals surface area contributed by atoms with Crippen molar-refractivity contribution in [3.05, 3.63) is 17.8 Å². The lowest BCUT2D eigenvalue weighted by molar-refractivity contribution is 0.0526. The highest BCUT2D eigenvalue weighted by molar-refractivity contribution is 5.67. The Balaban J connectivity index is 2.23. The number of ether oxygens (including phenoxy) is 2. The highest BCUT2D eigenvalue weighted by Gasteiger charge is 2.16. The first-order valence-corrected chi connectivity index (χ1v) is 7.90. The normalized spacial score (nSPS) is 12.9. The number of aryl methyl sites for hydroxylation is 1. The molecule has 1 unspecified atom stereocenters. The summed E-state index contributed by atoms with van der Waals surface area (Å²) in [6.07, 6.45) is 3.01. The van der Waals surface area contributed by atoms with E-state index in [-0.39, 0.29) is 12.1 Å². The van der Waals surface area contributed by atoms with Crippen molar-refractivity contribution < 1.29 is 18.7 Å². The first-order chi connectivity index (χ1) is 10.8. The van der Waals surface area contributed by atoms with Gasteiger partial charge in [-0.15, -0.1) is 0 Å². The van der Waals surface area contributed by atoms with Crippen LogP contribution in [0.2, 0.25) is 0 Å². The number of aromatic nitrogens is 1. The second-order valence-electron chi connectivity index (χ2n) is 6.47. The van der Waals surface area contributed by atoms with Crippen LogP contribution < -0.4 is 10.6 Å². The summed E-state index contributed by atoms with van der Waals surface area (Å²) in [7, 11) is 1.67. The molecule has 0 saturated carbocycles. The van der Waals surface area contributed by atoms with E-state index >= 15 is 0 Å². The van der Waals surface area contributed by atoms with E-state index in [1.165, 1.54) is 0 Å². The van der Waals surface area contributed by atoms with Gasteiger partial charge in [-0.05, 0) is 40.5 Å². The van der Waals surface area contributed by atoms with E-state index in [1.807, 2.05) is 27.7 Å². The summed E-state index contributed by atoms with van der Waals surface area (Å²) in [6.45, 7) is 9.11. The number of rotatable bonds is 9. The number of carbonyl (C=O) groups is 1. The Kier molecular flexibility index (Phi) is 8.05. The lowest BCUT2D eigenvalue weighted by Gasteiger charge is -2.20. The van der Waals surface area contributed by atoms with E-state index in [2.05, 4.69) is 15.6 Å². The fourth-order valence-corrected chi connectivity index (χ4v) is 2.01. The largest absolute Gasteiger partial charge is 0.445 e. The van der Waals surface area contributed by atoms with Crippen molar-refractivity contribution in [3.63, 3.8) is 0 Å². The Hall–Kier alpha value is -1.60. The summed E-state index contributed by atoms with van der Waals surface area (Å²) in [5.74, 6) is 1.46. The number of hydrogen-bond donors (Lipinski definition) is 2. The fraction of sp³-hybridized carbons (Fsp3) is 0.750. The quantitative estimate of drug-likeness (QED) is 0.677. The van der Waals surface area contributed by atoms with Crippen LogP contribution in [0.4, 0.5) is 4.79 Å². The topological polar surface area (TPSA) is 85.6 Å². The second-order valence-corrected chi connectivity index (χ2v) is 6.47. The molecule has 1 amide bonds. The van der Waals surface area contributed by atoms with Crippen molar-refractivity contribution in [2.75, 3.05) is 20.3 Å². The SMILES string of the molecule is COCC(CCCNC(=O)OC(C)(C)C)NCc1ncc(C)o1. The zero-order valence-electron chi connectivity index (χ0n) is 14.8. The molecule has 7 heteroatoms. The number of carbonyl (C=O) groups excluding carboxylic acids is 1. The van der Waals surface area contributed by atoms with Gasteiger partial charge in [0.25, 0.3) is 0 Å². The van der Waals surface area contributed by atoms with E-state index in [9.17, 15) is 4.79 Å². The summed E-state index contributed by atoms with van der Waals surface area (Å²) in [6, 6.07) is 0.174. The van der Waals surface area contributed by atoms with Crippen molar-refractivity contribution in [2.24, 2.45) is 0 Å². The van der Waals surface area contributed by atoms with Crippen molar-refractivity contribution in [2.45, 2.75) is 58.7 Å². The first-order valence-electron chi connectivity index (χ1n) is 7.90. The molecular formula is C16H29N3O4. The minimum atomic E-state index is -0.474. The van der Waals surface area contributed by atoms with Crippen LogP contribution in [0.25, 0.3) is 0 Å². The number of nitrogens with zero attached hydrogens (tertiary/aromatic N) is 1. The molecule has 0 spiro atoms. The van der Waals surface area contributed by atoms with Crippen molar-refractivity contribution >= 4 is 6.09 Å². The molecule has 0 bridgehead atoms. The second kappa shape index (κ2) is 9.52. The van der Waals surface area contributed by atoms with Gasteiger partial charge in [0.2, 0.25) is 5.89 Å². The molecule has 132 valence electrons. The van der Waals surface area contributed by atoms with Crippen molar-refractivity contribution in [1.29, 1.82) is 0 Å². The zero-order chi connectivity index (χ0) is 17.3. The fourth-order valence-electron chi connectivity index (χ4n) is 2.01. The number of alkyl carbamates (subject to hydrolysis) is 1. The van der Waals surface area contributed by atoms with Gasteiger partial charge in [-0.1, -0.05) is 0 Å². The average molecular weight is 327 g/mol. The zero-order valence-corrected chi connectivity index (χ0v) is 14.8. The number of nitrogens with one attached hydrogen (secondary N) is 2. The maximum Gasteiger partial charge on any atom is 0.407 e. The van der Waals surface area contributed by atoms with Gasteiger partial charge in [-0.25, -0.2) is 9.78 Å². The molecule has 1 rings (SSSR count). The van der Waals surface area contributed by atoms with Gasteiger partial charge in [0.15, 0.2) is 0 Å². The maximum atomic E-state index is 11.5. The first kappa shape index (κ1) is 19.4. The summed E-state index contributed by atoms with van der Waals surface area (Å²) >= 11 is 0. The van der Waals surface area contributed by atoms with Crippen LogP contribution in [0, 0.1) is 6.92 Å². The molecule has 7 nitrogen and oxygen atoms in total. The maximum absolute atomic E-state index is 11.5. The van der Waals surface area contributed by atoms with Crippen molar-refractivity contribution in [1.82, 2.24) is 15.6 Å². The molecule has 1 heterocycles. The lowest BCUT2D eigenvalue weighted by atomic mass is 10.1. The molecule has 2 N–H and O–H groups in total. The Bertz CT molecular complexity index is 468. The van der Waals surface area contributed by atoms with Crippen LogP contribution in [0.1, 0.15) is 45.3 Å². The van der Waals surface area contributed by atoms with Crippen LogP contribution in [0.15, 0.2) is 10.6 Å². The molecule has 1 aromatic rings. The number of methoxy groups -OCH3 is 1. The Morgan fingerprint density at radius 2 is 2.17 bits per heavy atom. The molecule has 0 aliphatic heterocycles. The standard InChI is InChI=1S/C16H29N3O4/c1-12-9-19-14(22-12)10-18-13(11-21-5)7-6-8-17-15(20)23-16(2,3)4/h9,13,18H,6-8,10-11H2,1-5H3,(H,17,20). The number of oxazole rings is 1. The van der Waals surface area contributed by atoms with Gasteiger partial charge in [0.05, 0.1) is 19.3 Å². The third-order valence-electron chi connectivity index (χ3n) is 2.98. The van der Waals surface area contributed by atoms with Gasteiger partial charge in [-0.3, -0.25) is 0 Å². The Morgan fingerprint density at radius 3 is 2.74 bits per heavy atom. The van der Waals surface area contributed by atoms with Crippen LogP contribution >= 0.6 is 0 Å². The molecule has 0 aliphatic carbocycles. The third-order valence-corrected chi connectivity index (χ3v) is 2.98. The molecule has 1 atom stereocenters. The minimum absolute atomic E-state index is 0.174. The minimum Gasteiger partial charge on any atom is -0.445 e. The van der Waals surface area contributed by atoms with E-state index in [4.69, 9.17) is 13.9 Å². The highest BCUT2D eigenvalue weighted by Crippen LogP contribution is 2.07. The van der Waals surface area contributed by atoms with Gasteiger partial charge in [0, 0.05) is 19.7 Å². The van der Waals surface area contributed by atoms with Gasteiger partial charge >= 0.3 is 6.09 Å². The molecule has 0 saturated heterocycles. The summed E-state index contributed by atoms with van der Waals surface area (Å²) in [5, 5.41) is 6.10. The van der Waals surface area contributed by atoms with Crippen LogP contribution in [-0.4, -0.2) is 43.0 Å². The van der Waals surface area contributed by atoms with Crippen LogP contribution in [0.5, 0.6) is 0 Å². The van der Waals surface area contributed by atoms with E-state index in [0.717, 1.165) is 18.6 Å². The summed E-state index contributed by atoms with van der Waals surface area (Å²) < 4.78 is 15.8. The highest BCUT2D eigenvalue weighted by atomic mass is 16.6. The smallest absolute Gasteiger partial charge is 0.407 e. The number of hydrogen-bond acceptors (Lipinski definition) is 6. The molecule has 0 radical (unpaired) electrons. The Morgan fingerprint density at radius 1 is 1.43 bits per heavy atom. The van der Waals surface area contributed by atoms with Crippen LogP contribution in [0.3, 0.4) is 0 Å². The third kappa shape index (κ3) is 9.20. The monoisotopic (exact) mass is 327 g/mol. The average Bonchev–Trinajstić information content (AvgIpc) is 2.84. The van der Waals surface area contributed by atoms with Gasteiger partial charge in [-0.2, -0.15) is 0 Å². The predicted molar refractivity (Wildman–Crippen MR) is 87.2 cm³/mol. The van der Waals surface area contributed by atoms with E-state index in [1.54, 1.807) is 13.3 Å². The molecule has 0 aromatic carbocycles. The summed E-state index contributed by atoms with van der Waals surface area (Å²) in [4.78, 5) is 15.7. The predicted octanol–water partition coefficient (Wildman–Crippen LogP) is 2.39. The molecular weight excluding hydrogens is 298 g/mol. The summed E-state index contributed by atoms with van der Waals surface area (Å²) in [5.41, 5.74) is -0.474. The lowest BCUT2D eigenvalue weighted by Crippen LogP contribution is -2.35. The Labute approximate surface area is 138 Å². The van der Waals surface area contributed by atoms with E-state index < -0.39 is 5.60 Å². The van der Waals surface area contributed by atoms with Crippen molar-refractivity contribution in [3.8, 4) is 0 Å². The number of amides is 1. The molecule has 0 fully saturated rings. The molecule has 1 aromatic heterocycles. The molecule has 23 heavy (non-hydrogen) atoms. The van der Waals surface area contributed by atoms with Gasteiger partial charge in [0.1, 0.15) is 11.4 Å². The van der Waals surface area contributed by atoms with Gasteiger partial charge < -0.3 is 24.5 Å². The van der Waals surface area contributed by atoms with Crippen LogP contribution in [-0.2, 0) is 16.0 Å². The van der Waals surface area contributed by atoms with E-state index in [0.29, 0.717) is 25.6 Å². The molecule has 0 aliphatic rings.